The molecule has 15 heavy (non-hydrogen) atoms. The molecule has 1 aliphatic carbocycles. The van der Waals surface area contributed by atoms with Gasteiger partial charge in [0.15, 0.2) is 0 Å². The van der Waals surface area contributed by atoms with Gasteiger partial charge in [-0.15, -0.1) is 0 Å². The van der Waals surface area contributed by atoms with Gasteiger partial charge in [-0.25, -0.2) is 0 Å². The predicted octanol–water partition coefficient (Wildman–Crippen LogP) is 3.11. The fraction of sp³-hybridized carbons (Fsp3) is 1.00. The lowest BCUT2D eigenvalue weighted by Crippen LogP contribution is -2.42. The number of rotatable bonds is 6. The maximum atomic E-state index is 6.20. The van der Waals surface area contributed by atoms with E-state index in [0.29, 0.717) is 12.1 Å². The summed E-state index contributed by atoms with van der Waals surface area (Å²) in [7, 11) is 0. The van der Waals surface area contributed by atoms with Crippen molar-refractivity contribution >= 4 is 0 Å². The summed E-state index contributed by atoms with van der Waals surface area (Å²) in [5.74, 6) is 0. The SMILES string of the molecule is CCCNC1CCCC1OC(C)(C)CC. The van der Waals surface area contributed by atoms with Gasteiger partial charge in [0.25, 0.3) is 0 Å². The molecule has 0 radical (unpaired) electrons. The molecule has 2 nitrogen and oxygen atoms in total. The Morgan fingerprint density at radius 1 is 1.27 bits per heavy atom. The number of hydrogen-bond donors (Lipinski definition) is 1. The van der Waals surface area contributed by atoms with Crippen LogP contribution in [0.5, 0.6) is 0 Å². The highest BCUT2D eigenvalue weighted by Crippen LogP contribution is 2.27. The highest BCUT2D eigenvalue weighted by Gasteiger charge is 2.31. The number of nitrogens with one attached hydrogen (secondary N) is 1. The Balaban J connectivity index is 2.39. The molecule has 1 aliphatic rings. The van der Waals surface area contributed by atoms with Gasteiger partial charge < -0.3 is 10.1 Å². The Morgan fingerprint density at radius 2 is 2.00 bits per heavy atom. The predicted molar refractivity (Wildman–Crippen MR) is 65.2 cm³/mol. The molecule has 0 aromatic carbocycles. The Morgan fingerprint density at radius 3 is 2.60 bits per heavy atom. The van der Waals surface area contributed by atoms with Gasteiger partial charge in [-0.3, -0.25) is 0 Å². The quantitative estimate of drug-likeness (QED) is 0.732. The minimum Gasteiger partial charge on any atom is -0.371 e. The molecule has 2 unspecified atom stereocenters. The molecule has 2 heteroatoms. The van der Waals surface area contributed by atoms with Crippen LogP contribution in [0.4, 0.5) is 0 Å². The lowest BCUT2D eigenvalue weighted by atomic mass is 10.1. The molecule has 2 atom stereocenters. The topological polar surface area (TPSA) is 21.3 Å². The van der Waals surface area contributed by atoms with Crippen LogP contribution in [0.3, 0.4) is 0 Å². The van der Waals surface area contributed by atoms with Crippen LogP contribution in [0.2, 0.25) is 0 Å². The van der Waals surface area contributed by atoms with Gasteiger partial charge >= 0.3 is 0 Å². The Hall–Kier alpha value is -0.0800. The molecule has 0 heterocycles. The van der Waals surface area contributed by atoms with Crippen LogP contribution in [0.15, 0.2) is 0 Å². The molecule has 0 aromatic rings. The second kappa shape index (κ2) is 5.86. The Kier molecular flexibility index (Phi) is 5.07. The summed E-state index contributed by atoms with van der Waals surface area (Å²) in [6.07, 6.45) is 6.55. The van der Waals surface area contributed by atoms with Crippen LogP contribution in [0, 0.1) is 0 Å². The second-order valence-corrected chi connectivity index (χ2v) is 5.26. The van der Waals surface area contributed by atoms with Crippen molar-refractivity contribution in [3.8, 4) is 0 Å². The van der Waals surface area contributed by atoms with E-state index in [1.54, 1.807) is 0 Å². The van der Waals surface area contributed by atoms with E-state index >= 15 is 0 Å². The fourth-order valence-corrected chi connectivity index (χ4v) is 2.12. The van der Waals surface area contributed by atoms with E-state index in [4.69, 9.17) is 4.74 Å². The molecule has 0 aliphatic heterocycles. The maximum absolute atomic E-state index is 6.20. The van der Waals surface area contributed by atoms with Crippen LogP contribution < -0.4 is 5.32 Å². The number of hydrogen-bond acceptors (Lipinski definition) is 2. The van der Waals surface area contributed by atoms with Gasteiger partial charge in [0.05, 0.1) is 11.7 Å². The van der Waals surface area contributed by atoms with Gasteiger partial charge in [-0.05, 0) is 52.5 Å². The Labute approximate surface area is 94.8 Å². The summed E-state index contributed by atoms with van der Waals surface area (Å²) in [5, 5.41) is 3.60. The summed E-state index contributed by atoms with van der Waals surface area (Å²) < 4.78 is 6.20. The molecule has 0 aromatic heterocycles. The summed E-state index contributed by atoms with van der Waals surface area (Å²) >= 11 is 0. The normalized spacial score (nSPS) is 27.2. The summed E-state index contributed by atoms with van der Waals surface area (Å²) in [6.45, 7) is 9.93. The highest BCUT2D eigenvalue weighted by molar-refractivity contribution is 4.86. The van der Waals surface area contributed by atoms with Gasteiger partial charge in [-0.1, -0.05) is 13.8 Å². The van der Waals surface area contributed by atoms with Crippen LogP contribution in [-0.2, 0) is 4.74 Å². The molecule has 0 bridgehead atoms. The van der Waals surface area contributed by atoms with Gasteiger partial charge in [0, 0.05) is 6.04 Å². The largest absolute Gasteiger partial charge is 0.371 e. The Bertz CT molecular complexity index is 179. The van der Waals surface area contributed by atoms with Crippen molar-refractivity contribution in [3.63, 3.8) is 0 Å². The molecule has 1 saturated carbocycles. The maximum Gasteiger partial charge on any atom is 0.0735 e. The molecule has 90 valence electrons. The summed E-state index contributed by atoms with van der Waals surface area (Å²) in [5.41, 5.74) is 0.0428. The van der Waals surface area contributed by atoms with E-state index in [-0.39, 0.29) is 5.60 Å². The minimum absolute atomic E-state index is 0.0428. The van der Waals surface area contributed by atoms with Crippen molar-refractivity contribution < 1.29 is 4.74 Å². The average molecular weight is 213 g/mol. The van der Waals surface area contributed by atoms with Gasteiger partial charge in [0.1, 0.15) is 0 Å². The summed E-state index contributed by atoms with van der Waals surface area (Å²) in [6, 6.07) is 0.593. The second-order valence-electron chi connectivity index (χ2n) is 5.26. The van der Waals surface area contributed by atoms with Crippen molar-refractivity contribution in [1.82, 2.24) is 5.32 Å². The van der Waals surface area contributed by atoms with E-state index in [1.165, 1.54) is 25.7 Å². The van der Waals surface area contributed by atoms with E-state index < -0.39 is 0 Å². The molecular formula is C13H27NO. The van der Waals surface area contributed by atoms with Crippen LogP contribution in [-0.4, -0.2) is 24.3 Å². The fourth-order valence-electron chi connectivity index (χ4n) is 2.12. The van der Waals surface area contributed by atoms with Crippen molar-refractivity contribution in [2.24, 2.45) is 0 Å². The standard InChI is InChI=1S/C13H27NO/c1-5-10-14-11-8-7-9-12(11)15-13(3,4)6-2/h11-12,14H,5-10H2,1-4H3. The molecule has 1 N–H and O–H groups in total. The molecule has 0 saturated heterocycles. The van der Waals surface area contributed by atoms with Crippen LogP contribution in [0.1, 0.15) is 59.8 Å². The zero-order chi connectivity index (χ0) is 11.3. The first-order chi connectivity index (χ1) is 7.09. The minimum atomic E-state index is 0.0428. The zero-order valence-electron chi connectivity index (χ0n) is 10.8. The average Bonchev–Trinajstić information content (AvgIpc) is 2.62. The van der Waals surface area contributed by atoms with E-state index in [2.05, 4.69) is 33.0 Å². The van der Waals surface area contributed by atoms with Crippen LogP contribution >= 0.6 is 0 Å². The van der Waals surface area contributed by atoms with Gasteiger partial charge in [0.2, 0.25) is 0 Å². The lowest BCUT2D eigenvalue weighted by Gasteiger charge is -2.31. The van der Waals surface area contributed by atoms with E-state index in [0.717, 1.165) is 13.0 Å². The van der Waals surface area contributed by atoms with Crippen molar-refractivity contribution in [2.45, 2.75) is 77.5 Å². The lowest BCUT2D eigenvalue weighted by molar-refractivity contribution is -0.0794. The first kappa shape index (κ1) is 13.0. The van der Waals surface area contributed by atoms with Crippen LogP contribution in [0.25, 0.3) is 0 Å². The molecule has 1 fully saturated rings. The first-order valence-corrected chi connectivity index (χ1v) is 6.50. The third-order valence-electron chi connectivity index (χ3n) is 3.43. The van der Waals surface area contributed by atoms with Crippen molar-refractivity contribution in [2.75, 3.05) is 6.54 Å². The van der Waals surface area contributed by atoms with E-state index in [9.17, 15) is 0 Å². The molecule has 0 spiro atoms. The van der Waals surface area contributed by atoms with Gasteiger partial charge in [-0.2, -0.15) is 0 Å². The number of ether oxygens (including phenoxy) is 1. The molecule has 0 amide bonds. The first-order valence-electron chi connectivity index (χ1n) is 6.50. The summed E-state index contributed by atoms with van der Waals surface area (Å²) in [4.78, 5) is 0. The zero-order valence-corrected chi connectivity index (χ0v) is 10.8. The third-order valence-corrected chi connectivity index (χ3v) is 3.43. The molecule has 1 rings (SSSR count). The highest BCUT2D eigenvalue weighted by atomic mass is 16.5. The third kappa shape index (κ3) is 4.12. The smallest absolute Gasteiger partial charge is 0.0735 e. The van der Waals surface area contributed by atoms with Crippen molar-refractivity contribution in [3.05, 3.63) is 0 Å². The molecular weight excluding hydrogens is 186 g/mol. The monoisotopic (exact) mass is 213 g/mol. The van der Waals surface area contributed by atoms with E-state index in [1.807, 2.05) is 0 Å². The van der Waals surface area contributed by atoms with Crippen molar-refractivity contribution in [1.29, 1.82) is 0 Å².